The standard InChI is InChI=1S/C10H19N/c1-9(2)8-10(3)6-5-7-11-4/h6,11H,1,5,7-8H2,2-4H3. The first kappa shape index (κ1) is 10.4. The van der Waals surface area contributed by atoms with Crippen LogP contribution in [0.3, 0.4) is 0 Å². The van der Waals surface area contributed by atoms with Gasteiger partial charge in [-0.15, -0.1) is 0 Å². The van der Waals surface area contributed by atoms with Crippen LogP contribution in [-0.2, 0) is 0 Å². The van der Waals surface area contributed by atoms with Crippen LogP contribution in [0, 0.1) is 0 Å². The lowest BCUT2D eigenvalue weighted by Crippen LogP contribution is -2.06. The normalized spacial score (nSPS) is 11.7. The molecule has 64 valence electrons. The van der Waals surface area contributed by atoms with Crippen LogP contribution in [0.1, 0.15) is 26.7 Å². The number of allylic oxidation sites excluding steroid dienone is 2. The van der Waals surface area contributed by atoms with Crippen LogP contribution in [0.25, 0.3) is 0 Å². The van der Waals surface area contributed by atoms with Crippen molar-refractivity contribution in [1.82, 2.24) is 5.32 Å². The molecule has 0 aromatic rings. The highest BCUT2D eigenvalue weighted by atomic mass is 14.8. The van der Waals surface area contributed by atoms with Gasteiger partial charge in [0.15, 0.2) is 0 Å². The monoisotopic (exact) mass is 153 g/mol. The summed E-state index contributed by atoms with van der Waals surface area (Å²) in [5, 5.41) is 3.11. The average molecular weight is 153 g/mol. The van der Waals surface area contributed by atoms with E-state index in [2.05, 4.69) is 31.8 Å². The van der Waals surface area contributed by atoms with Gasteiger partial charge in [0.2, 0.25) is 0 Å². The molecular weight excluding hydrogens is 134 g/mol. The molecule has 0 amide bonds. The highest BCUT2D eigenvalue weighted by molar-refractivity contribution is 5.08. The summed E-state index contributed by atoms with van der Waals surface area (Å²) in [6.45, 7) is 9.15. The van der Waals surface area contributed by atoms with Gasteiger partial charge in [-0.05, 0) is 40.3 Å². The molecule has 0 saturated carbocycles. The molecule has 0 aliphatic rings. The van der Waals surface area contributed by atoms with Gasteiger partial charge in [0.25, 0.3) is 0 Å². The topological polar surface area (TPSA) is 12.0 Å². The molecule has 1 N–H and O–H groups in total. The van der Waals surface area contributed by atoms with Crippen molar-refractivity contribution in [2.24, 2.45) is 0 Å². The number of hydrogen-bond donors (Lipinski definition) is 1. The quantitative estimate of drug-likeness (QED) is 0.472. The van der Waals surface area contributed by atoms with Crippen molar-refractivity contribution in [3.63, 3.8) is 0 Å². The maximum atomic E-state index is 3.87. The molecule has 0 aromatic heterocycles. The third-order valence-electron chi connectivity index (χ3n) is 1.47. The average Bonchev–Trinajstić information content (AvgIpc) is 1.86. The van der Waals surface area contributed by atoms with Gasteiger partial charge in [0, 0.05) is 0 Å². The molecule has 0 radical (unpaired) electrons. The molecule has 0 aliphatic carbocycles. The van der Waals surface area contributed by atoms with Crippen LogP contribution in [0.5, 0.6) is 0 Å². The minimum atomic E-state index is 1.05. The Morgan fingerprint density at radius 2 is 2.09 bits per heavy atom. The summed E-state index contributed by atoms with van der Waals surface area (Å²) in [5.41, 5.74) is 2.66. The number of hydrogen-bond acceptors (Lipinski definition) is 1. The van der Waals surface area contributed by atoms with Crippen molar-refractivity contribution >= 4 is 0 Å². The molecule has 0 fully saturated rings. The SMILES string of the molecule is C=C(C)CC(C)=CCCNC. The van der Waals surface area contributed by atoms with E-state index < -0.39 is 0 Å². The molecule has 1 heteroatoms. The Bertz CT molecular complexity index is 145. The third kappa shape index (κ3) is 7.34. The molecule has 0 heterocycles. The lowest BCUT2D eigenvalue weighted by Gasteiger charge is -1.99. The fourth-order valence-corrected chi connectivity index (χ4v) is 1.01. The molecule has 0 aromatic carbocycles. The minimum absolute atomic E-state index is 1.05. The minimum Gasteiger partial charge on any atom is -0.319 e. The van der Waals surface area contributed by atoms with Crippen molar-refractivity contribution < 1.29 is 0 Å². The predicted octanol–water partition coefficient (Wildman–Crippen LogP) is 2.51. The van der Waals surface area contributed by atoms with Gasteiger partial charge in [0.05, 0.1) is 0 Å². The van der Waals surface area contributed by atoms with Crippen LogP contribution in [0.2, 0.25) is 0 Å². The first-order chi connectivity index (χ1) is 5.16. The highest BCUT2D eigenvalue weighted by Gasteiger charge is 1.88. The molecule has 0 unspecified atom stereocenters. The molecular formula is C10H19N. The fourth-order valence-electron chi connectivity index (χ4n) is 1.01. The summed E-state index contributed by atoms with van der Waals surface area (Å²) in [4.78, 5) is 0. The lowest BCUT2D eigenvalue weighted by atomic mass is 10.1. The predicted molar refractivity (Wildman–Crippen MR) is 51.7 cm³/mol. The van der Waals surface area contributed by atoms with Gasteiger partial charge in [-0.3, -0.25) is 0 Å². The summed E-state index contributed by atoms with van der Waals surface area (Å²) in [7, 11) is 1.97. The van der Waals surface area contributed by atoms with E-state index in [1.54, 1.807) is 0 Å². The zero-order chi connectivity index (χ0) is 8.69. The Balaban J connectivity index is 3.54. The van der Waals surface area contributed by atoms with E-state index in [9.17, 15) is 0 Å². The third-order valence-corrected chi connectivity index (χ3v) is 1.47. The van der Waals surface area contributed by atoms with E-state index in [0.717, 1.165) is 19.4 Å². The Morgan fingerprint density at radius 1 is 1.45 bits per heavy atom. The largest absolute Gasteiger partial charge is 0.319 e. The summed E-state index contributed by atoms with van der Waals surface area (Å²) >= 11 is 0. The number of rotatable bonds is 5. The van der Waals surface area contributed by atoms with E-state index in [1.807, 2.05) is 7.05 Å². The van der Waals surface area contributed by atoms with Crippen molar-refractivity contribution in [2.75, 3.05) is 13.6 Å². The van der Waals surface area contributed by atoms with Crippen LogP contribution < -0.4 is 5.32 Å². The second-order valence-electron chi connectivity index (χ2n) is 3.08. The summed E-state index contributed by atoms with van der Waals surface area (Å²) in [6, 6.07) is 0. The summed E-state index contributed by atoms with van der Waals surface area (Å²) in [6.07, 6.45) is 4.44. The van der Waals surface area contributed by atoms with Crippen LogP contribution in [0.4, 0.5) is 0 Å². The van der Waals surface area contributed by atoms with E-state index in [-0.39, 0.29) is 0 Å². The molecule has 0 spiro atoms. The molecule has 1 nitrogen and oxygen atoms in total. The van der Waals surface area contributed by atoms with E-state index in [1.165, 1.54) is 11.1 Å². The van der Waals surface area contributed by atoms with E-state index >= 15 is 0 Å². The Hall–Kier alpha value is -0.560. The lowest BCUT2D eigenvalue weighted by molar-refractivity contribution is 0.802. The van der Waals surface area contributed by atoms with Gasteiger partial charge < -0.3 is 5.32 Å². The molecule has 0 saturated heterocycles. The van der Waals surface area contributed by atoms with Crippen molar-refractivity contribution in [1.29, 1.82) is 0 Å². The Morgan fingerprint density at radius 3 is 2.55 bits per heavy atom. The fraction of sp³-hybridized carbons (Fsp3) is 0.600. The second-order valence-corrected chi connectivity index (χ2v) is 3.08. The molecule has 0 rings (SSSR count). The molecule has 0 bridgehead atoms. The molecule has 0 atom stereocenters. The second kappa shape index (κ2) is 6.17. The van der Waals surface area contributed by atoms with Crippen molar-refractivity contribution in [2.45, 2.75) is 26.7 Å². The van der Waals surface area contributed by atoms with Crippen LogP contribution in [0.15, 0.2) is 23.8 Å². The molecule has 0 aliphatic heterocycles. The highest BCUT2D eigenvalue weighted by Crippen LogP contribution is 2.07. The first-order valence-corrected chi connectivity index (χ1v) is 4.11. The van der Waals surface area contributed by atoms with Crippen molar-refractivity contribution in [3.05, 3.63) is 23.8 Å². The number of nitrogens with one attached hydrogen (secondary N) is 1. The van der Waals surface area contributed by atoms with E-state index in [0.29, 0.717) is 0 Å². The van der Waals surface area contributed by atoms with Gasteiger partial charge >= 0.3 is 0 Å². The zero-order valence-corrected chi connectivity index (χ0v) is 7.91. The van der Waals surface area contributed by atoms with Gasteiger partial charge in [-0.2, -0.15) is 0 Å². The summed E-state index contributed by atoms with van der Waals surface area (Å²) in [5.74, 6) is 0. The van der Waals surface area contributed by atoms with Gasteiger partial charge in [0.1, 0.15) is 0 Å². The Labute approximate surface area is 70.2 Å². The Kier molecular flexibility index (Phi) is 5.86. The summed E-state index contributed by atoms with van der Waals surface area (Å²) < 4.78 is 0. The van der Waals surface area contributed by atoms with Crippen LogP contribution in [-0.4, -0.2) is 13.6 Å². The maximum absolute atomic E-state index is 3.87. The zero-order valence-electron chi connectivity index (χ0n) is 7.91. The van der Waals surface area contributed by atoms with Crippen LogP contribution >= 0.6 is 0 Å². The van der Waals surface area contributed by atoms with Crippen molar-refractivity contribution in [3.8, 4) is 0 Å². The van der Waals surface area contributed by atoms with Gasteiger partial charge in [-0.25, -0.2) is 0 Å². The van der Waals surface area contributed by atoms with Gasteiger partial charge in [-0.1, -0.05) is 23.8 Å². The van der Waals surface area contributed by atoms with E-state index in [4.69, 9.17) is 0 Å². The molecule has 11 heavy (non-hydrogen) atoms. The first-order valence-electron chi connectivity index (χ1n) is 4.11. The smallest absolute Gasteiger partial charge is 0.00172 e. The maximum Gasteiger partial charge on any atom is -0.00172 e.